The first-order chi connectivity index (χ1) is 39.8. The van der Waals surface area contributed by atoms with E-state index < -0.39 is 96.1 Å². The van der Waals surface area contributed by atoms with Crippen molar-refractivity contribution in [3.05, 3.63) is 102 Å². The summed E-state index contributed by atoms with van der Waals surface area (Å²) in [6, 6.07) is 13.0. The van der Waals surface area contributed by atoms with E-state index >= 15 is 0 Å². The maximum atomic E-state index is 15.0. The lowest BCUT2D eigenvalue weighted by Crippen LogP contribution is -2.63. The number of aliphatic hydroxyl groups is 1. The predicted molar refractivity (Wildman–Crippen MR) is 311 cm³/mol. The van der Waals surface area contributed by atoms with Gasteiger partial charge in [0.25, 0.3) is 0 Å². The molecule has 5 rings (SSSR count). The molecule has 4 aromatic rings. The fraction of sp³-hybridized carbons (Fsp3) is 0.508. The van der Waals surface area contributed by atoms with Crippen molar-refractivity contribution >= 4 is 64.1 Å². The molecule has 0 bridgehead atoms. The number of aliphatic carboxylic acids is 1. The van der Waals surface area contributed by atoms with Crippen molar-refractivity contribution in [2.24, 2.45) is 5.73 Å². The topological polar surface area (TPSA) is 350 Å². The number of carboxylic acid groups (broad SMARTS) is 1. The van der Waals surface area contributed by atoms with Crippen molar-refractivity contribution in [2.75, 3.05) is 66.5 Å². The zero-order valence-electron chi connectivity index (χ0n) is 48.0. The van der Waals surface area contributed by atoms with Gasteiger partial charge in [-0.3, -0.25) is 53.0 Å². The number of unbranched alkanes of at least 4 members (excludes halogenated alkanes) is 4. The minimum atomic E-state index is -1.66. The summed E-state index contributed by atoms with van der Waals surface area (Å²) >= 11 is 0. The van der Waals surface area contributed by atoms with Crippen molar-refractivity contribution in [1.82, 2.24) is 56.9 Å². The molecular weight excluding hydrogens is 1070 g/mol. The maximum absolute atomic E-state index is 15.0. The third kappa shape index (κ3) is 21.7. The van der Waals surface area contributed by atoms with Crippen molar-refractivity contribution in [3.63, 3.8) is 0 Å². The van der Waals surface area contributed by atoms with Crippen LogP contribution >= 0.6 is 0 Å². The summed E-state index contributed by atoms with van der Waals surface area (Å²) in [4.78, 5) is 134. The molecule has 452 valence electrons. The molecule has 1 aliphatic rings. The highest BCUT2D eigenvalue weighted by molar-refractivity contribution is 6.00. The van der Waals surface area contributed by atoms with Crippen LogP contribution in [0.3, 0.4) is 0 Å². The van der Waals surface area contributed by atoms with Crippen LogP contribution in [0.5, 0.6) is 5.75 Å². The lowest BCUT2D eigenvalue weighted by molar-refractivity contribution is -0.145. The van der Waals surface area contributed by atoms with E-state index in [0.717, 1.165) is 15.8 Å². The number of aliphatic hydroxyl groups excluding tert-OH is 1. The van der Waals surface area contributed by atoms with Gasteiger partial charge in [-0.25, -0.2) is 0 Å². The summed E-state index contributed by atoms with van der Waals surface area (Å²) in [5, 5.41) is 50.4. The van der Waals surface area contributed by atoms with Gasteiger partial charge in [-0.2, -0.15) is 0 Å². The van der Waals surface area contributed by atoms with E-state index in [9.17, 15) is 53.4 Å². The van der Waals surface area contributed by atoms with Crippen LogP contribution in [0.1, 0.15) is 81.9 Å². The number of benzene rings is 3. The number of carboxylic acids is 1. The lowest BCUT2D eigenvalue weighted by atomic mass is 9.99. The van der Waals surface area contributed by atoms with Gasteiger partial charge in [-0.05, 0) is 94.1 Å². The summed E-state index contributed by atoms with van der Waals surface area (Å²) in [7, 11) is 3.00. The van der Waals surface area contributed by atoms with Crippen molar-refractivity contribution < 1.29 is 58.5 Å². The molecular formula is C59H84N12O12. The van der Waals surface area contributed by atoms with Gasteiger partial charge in [-0.1, -0.05) is 80.4 Å². The van der Waals surface area contributed by atoms with Crippen LogP contribution in [0, 0.1) is 0 Å². The number of H-pyrrole nitrogens is 1. The van der Waals surface area contributed by atoms with E-state index in [-0.39, 0.29) is 63.5 Å². The molecule has 0 aliphatic carbocycles. The molecule has 24 nitrogen and oxygen atoms in total. The quantitative estimate of drug-likeness (QED) is 0.0338. The van der Waals surface area contributed by atoms with Gasteiger partial charge < -0.3 is 68.2 Å². The summed E-state index contributed by atoms with van der Waals surface area (Å²) < 4.78 is 0. The Balaban J connectivity index is 1.42. The molecule has 1 aliphatic heterocycles. The van der Waals surface area contributed by atoms with Gasteiger partial charge in [0.2, 0.25) is 47.3 Å². The maximum Gasteiger partial charge on any atom is 0.317 e. The second-order valence-electron chi connectivity index (χ2n) is 21.2. The average molecular weight is 1150 g/mol. The Labute approximate surface area is 484 Å². The second kappa shape index (κ2) is 33.9. The van der Waals surface area contributed by atoms with Crippen LogP contribution in [-0.4, -0.2) is 197 Å². The molecule has 1 aromatic heterocycles. The molecule has 1 saturated heterocycles. The van der Waals surface area contributed by atoms with E-state index in [4.69, 9.17) is 10.8 Å². The Morgan fingerprint density at radius 1 is 0.663 bits per heavy atom. The van der Waals surface area contributed by atoms with Crippen molar-refractivity contribution in [1.29, 1.82) is 0 Å². The number of fused-ring (bicyclic) bond motifs is 1. The first-order valence-corrected chi connectivity index (χ1v) is 28.5. The number of hydrogen-bond acceptors (Lipinski definition) is 14. The molecule has 13 N–H and O–H groups in total. The molecule has 1 fully saturated rings. The number of rotatable bonds is 28. The summed E-state index contributed by atoms with van der Waals surface area (Å²) in [5.74, 6) is -6.92. The Morgan fingerprint density at radius 3 is 1.89 bits per heavy atom. The van der Waals surface area contributed by atoms with Crippen LogP contribution < -0.4 is 43.0 Å². The Morgan fingerprint density at radius 2 is 1.24 bits per heavy atom. The second-order valence-corrected chi connectivity index (χ2v) is 21.2. The van der Waals surface area contributed by atoms with Gasteiger partial charge in [0.15, 0.2) is 0 Å². The molecule has 2 heterocycles. The van der Waals surface area contributed by atoms with E-state index in [0.29, 0.717) is 81.4 Å². The number of likely N-dealkylation sites (N-methyl/N-ethyl adjacent to an activating group) is 3. The number of carbonyl (C=O) groups is 9. The minimum Gasteiger partial charge on any atom is -0.508 e. The zero-order valence-corrected chi connectivity index (χ0v) is 48.0. The smallest absolute Gasteiger partial charge is 0.317 e. The highest BCUT2D eigenvalue weighted by Crippen LogP contribution is 2.21. The molecule has 0 radical (unpaired) electrons. The number of aromatic hydroxyl groups is 1. The van der Waals surface area contributed by atoms with Gasteiger partial charge >= 0.3 is 5.97 Å². The van der Waals surface area contributed by atoms with Gasteiger partial charge in [-0.15, -0.1) is 0 Å². The monoisotopic (exact) mass is 1150 g/mol. The Bertz CT molecular complexity index is 2780. The number of aromatic amines is 1. The van der Waals surface area contributed by atoms with E-state index in [1.807, 2.05) is 36.1 Å². The van der Waals surface area contributed by atoms with Crippen LogP contribution in [0.15, 0.2) is 85.1 Å². The zero-order chi connectivity index (χ0) is 60.4. The van der Waals surface area contributed by atoms with Gasteiger partial charge in [0.1, 0.15) is 42.0 Å². The number of carbonyl (C=O) groups excluding carboxylic acids is 8. The number of phenolic OH excluding ortho intramolecular Hbond substituents is 1. The first kappa shape index (κ1) is 65.9. The molecule has 7 atom stereocenters. The van der Waals surface area contributed by atoms with Crippen molar-refractivity contribution in [2.45, 2.75) is 127 Å². The number of nitrogens with two attached hydrogens (primary N) is 1. The third-order valence-corrected chi connectivity index (χ3v) is 14.5. The summed E-state index contributed by atoms with van der Waals surface area (Å²) in [5.41, 5.74) is 8.27. The number of para-hydroxylation sites is 1. The molecule has 0 saturated carbocycles. The minimum absolute atomic E-state index is 0.0472. The first-order valence-electron chi connectivity index (χ1n) is 28.5. The van der Waals surface area contributed by atoms with Crippen LogP contribution in [0.25, 0.3) is 10.9 Å². The molecule has 8 amide bonds. The number of amides is 8. The number of hydrogen-bond donors (Lipinski definition) is 12. The summed E-state index contributed by atoms with van der Waals surface area (Å²) in [6.07, 6.45) is 2.59. The highest BCUT2D eigenvalue weighted by Gasteiger charge is 2.39. The predicted octanol–water partition coefficient (Wildman–Crippen LogP) is 0.197. The number of phenols is 1. The molecule has 83 heavy (non-hydrogen) atoms. The van der Waals surface area contributed by atoms with Crippen molar-refractivity contribution in [3.8, 4) is 5.75 Å². The highest BCUT2D eigenvalue weighted by atomic mass is 16.4. The normalized spacial score (nSPS) is 19.9. The van der Waals surface area contributed by atoms with Gasteiger partial charge in [0, 0.05) is 69.6 Å². The average Bonchev–Trinajstić information content (AvgIpc) is 4.12. The molecule has 24 heteroatoms. The van der Waals surface area contributed by atoms with Crippen LogP contribution in [0.4, 0.5) is 0 Å². The van der Waals surface area contributed by atoms with Crippen LogP contribution in [0.2, 0.25) is 0 Å². The molecule has 3 aromatic carbocycles. The summed E-state index contributed by atoms with van der Waals surface area (Å²) in [6.45, 7) is 5.81. The number of aromatic nitrogens is 1. The fourth-order valence-electron chi connectivity index (χ4n) is 9.69. The van der Waals surface area contributed by atoms with E-state index in [1.54, 1.807) is 60.6 Å². The molecule has 0 spiro atoms. The standard InChI is InChI=1S/C59H84N12O12/c1-5-71(30-29-69(3)37-52(76)77)36-51(75)62-28-16-7-6-15-27-61-50(74)34-49-57(81)66-46(31-40-22-24-42(73)25-23-40)55(79)65-47(33-41-35-63-44-20-12-11-19-43(41)44)56(80)64-45(21-13-14-26-60)54(78)68-53(38(2)72)58(82)67-48(59(83)70(49)4)32-39-17-9-8-10-18-39/h8-12,17-20,22-25,35,38,45-49,53,63,72-73H,5-7,13-16,21,26-34,36-37,60H2,1-4H3,(H,61,74)(H,62,75)(H,64,80)(H,65,79)(H,66,81)(H,67,82)(H,68,78)(H,76,77)/t38-,45+,46+,47-,48+,49+,53+/m1/s1. The third-order valence-electron chi connectivity index (χ3n) is 14.5. The Kier molecular flexibility index (Phi) is 26.9. The number of nitrogens with zero attached hydrogens (tertiary/aromatic N) is 3. The SMILES string of the molecule is CCN(CCN(C)CC(=O)O)CC(=O)NCCCCCCNC(=O)C[C@H]1C(=O)N[C@@H](Cc2ccc(O)cc2)C(=O)N[C@H](Cc2c[nH]c3ccccc23)C(=O)N[C@@H](CCCCN)C(=O)N[C@@H]([C@@H](C)O)C(=O)N[C@@H](Cc2ccccc2)C(=O)N1C. The van der Waals surface area contributed by atoms with E-state index in [1.165, 1.54) is 26.1 Å². The lowest BCUT2D eigenvalue weighted by Gasteiger charge is -2.33. The molecule has 0 unspecified atom stereocenters. The number of nitrogens with one attached hydrogen (secondary N) is 8. The largest absolute Gasteiger partial charge is 0.508 e. The van der Waals surface area contributed by atoms with E-state index in [2.05, 4.69) is 42.2 Å². The van der Waals surface area contributed by atoms with Crippen LogP contribution in [-0.2, 0) is 62.4 Å². The Hall–Kier alpha value is -7.93. The van der Waals surface area contributed by atoms with Gasteiger partial charge in [0.05, 0.1) is 25.6 Å². The fourth-order valence-corrected chi connectivity index (χ4v) is 9.69.